The molecule has 0 radical (unpaired) electrons. The number of carbonyl (C=O) groups is 3. The number of carboxylic acids is 3. The SMILES string of the molecule is F.O=C(O)CC(O)(CC(=O)O)C(=O)O.[GaH3]. The Morgan fingerprint density at radius 1 is 0.933 bits per heavy atom. The first-order valence-electron chi connectivity index (χ1n) is 3.17. The van der Waals surface area contributed by atoms with Crippen LogP contribution in [-0.2, 0) is 14.4 Å². The van der Waals surface area contributed by atoms with Gasteiger partial charge in [-0.3, -0.25) is 14.3 Å². The molecule has 7 nitrogen and oxygen atoms in total. The summed E-state index contributed by atoms with van der Waals surface area (Å²) in [6, 6.07) is 0. The van der Waals surface area contributed by atoms with Gasteiger partial charge in [-0.1, -0.05) is 0 Å². The molecule has 15 heavy (non-hydrogen) atoms. The van der Waals surface area contributed by atoms with Gasteiger partial charge in [0.05, 0.1) is 12.8 Å². The van der Waals surface area contributed by atoms with Crippen LogP contribution in [0.4, 0.5) is 4.70 Å². The zero-order valence-electron chi connectivity index (χ0n) is 6.84. The summed E-state index contributed by atoms with van der Waals surface area (Å²) >= 11 is 0. The number of carboxylic acid groups (broad SMARTS) is 3. The third kappa shape index (κ3) is 6.94. The summed E-state index contributed by atoms with van der Waals surface area (Å²) in [6.07, 6.45) is -2.29. The minimum absolute atomic E-state index is 0. The molecule has 0 fully saturated rings. The van der Waals surface area contributed by atoms with Crippen LogP contribution in [-0.4, -0.2) is 63.7 Å². The maximum atomic E-state index is 10.3. The Morgan fingerprint density at radius 2 is 1.20 bits per heavy atom. The van der Waals surface area contributed by atoms with E-state index in [2.05, 4.69) is 0 Å². The van der Waals surface area contributed by atoms with Crippen molar-refractivity contribution in [3.8, 4) is 0 Å². The van der Waals surface area contributed by atoms with Gasteiger partial charge in [0, 0.05) is 0 Å². The van der Waals surface area contributed by atoms with E-state index in [0.717, 1.165) is 0 Å². The van der Waals surface area contributed by atoms with Gasteiger partial charge in [0.2, 0.25) is 0 Å². The van der Waals surface area contributed by atoms with E-state index in [-0.39, 0.29) is 24.5 Å². The molecular weight excluding hydrogens is 273 g/mol. The van der Waals surface area contributed by atoms with Gasteiger partial charge in [0.1, 0.15) is 0 Å². The Morgan fingerprint density at radius 3 is 1.33 bits per heavy atom. The summed E-state index contributed by atoms with van der Waals surface area (Å²) < 4.78 is 0. The predicted octanol–water partition coefficient (Wildman–Crippen LogP) is -2.28. The topological polar surface area (TPSA) is 132 Å². The molecule has 0 atom stereocenters. The van der Waals surface area contributed by atoms with E-state index < -0.39 is 36.4 Å². The Kier molecular flexibility index (Phi) is 9.43. The van der Waals surface area contributed by atoms with Crippen molar-refractivity contribution < 1.29 is 39.5 Å². The van der Waals surface area contributed by atoms with Crippen LogP contribution in [0.1, 0.15) is 12.8 Å². The van der Waals surface area contributed by atoms with Crippen LogP contribution in [0.25, 0.3) is 0 Å². The third-order valence-electron chi connectivity index (χ3n) is 1.29. The van der Waals surface area contributed by atoms with Crippen molar-refractivity contribution in [3.63, 3.8) is 0 Å². The fourth-order valence-electron chi connectivity index (χ4n) is 0.714. The summed E-state index contributed by atoms with van der Waals surface area (Å²) in [5, 5.41) is 33.8. The molecule has 0 aliphatic carbocycles. The average molecular weight is 285 g/mol. The van der Waals surface area contributed by atoms with E-state index in [4.69, 9.17) is 20.4 Å². The monoisotopic (exact) mass is 284 g/mol. The molecule has 0 rings (SSSR count). The first-order valence-corrected chi connectivity index (χ1v) is 3.17. The van der Waals surface area contributed by atoms with Gasteiger partial charge < -0.3 is 20.4 Å². The van der Waals surface area contributed by atoms with Crippen molar-refractivity contribution in [1.82, 2.24) is 0 Å². The van der Waals surface area contributed by atoms with Crippen LogP contribution >= 0.6 is 0 Å². The van der Waals surface area contributed by atoms with Crippen LogP contribution in [0.2, 0.25) is 0 Å². The second kappa shape index (κ2) is 7.26. The van der Waals surface area contributed by atoms with Crippen molar-refractivity contribution in [1.29, 1.82) is 0 Å². The molecule has 0 amide bonds. The van der Waals surface area contributed by atoms with E-state index in [0.29, 0.717) is 0 Å². The first kappa shape index (κ1) is 19.5. The second-order valence-corrected chi connectivity index (χ2v) is 2.48. The molecule has 0 aliphatic heterocycles. The Bertz CT molecular complexity index is 238. The number of hydrogen-bond acceptors (Lipinski definition) is 4. The molecule has 4 N–H and O–H groups in total. The first-order chi connectivity index (χ1) is 5.78. The van der Waals surface area contributed by atoms with E-state index in [1.807, 2.05) is 0 Å². The fraction of sp³-hybridized carbons (Fsp3) is 0.500. The van der Waals surface area contributed by atoms with Gasteiger partial charge in [0.15, 0.2) is 5.60 Å². The van der Waals surface area contributed by atoms with Gasteiger partial charge in [-0.05, 0) is 0 Å². The second-order valence-electron chi connectivity index (χ2n) is 2.48. The van der Waals surface area contributed by atoms with E-state index in [1.54, 1.807) is 0 Å². The Labute approximate surface area is 96.1 Å². The van der Waals surface area contributed by atoms with E-state index in [9.17, 15) is 14.4 Å². The van der Waals surface area contributed by atoms with Crippen LogP contribution < -0.4 is 0 Å². The van der Waals surface area contributed by atoms with Crippen molar-refractivity contribution in [3.05, 3.63) is 0 Å². The maximum absolute atomic E-state index is 10.3. The summed E-state index contributed by atoms with van der Waals surface area (Å²) in [7, 11) is 0. The quantitative estimate of drug-likeness (QED) is 0.418. The molecule has 0 aromatic heterocycles. The summed E-state index contributed by atoms with van der Waals surface area (Å²) in [4.78, 5) is 30.5. The van der Waals surface area contributed by atoms with Gasteiger partial charge in [-0.15, -0.1) is 0 Å². The van der Waals surface area contributed by atoms with Gasteiger partial charge in [-0.25, -0.2) is 4.79 Å². The Balaban J connectivity index is -0.000000720. The fourth-order valence-corrected chi connectivity index (χ4v) is 0.714. The van der Waals surface area contributed by atoms with Crippen LogP contribution in [0, 0.1) is 0 Å². The molecule has 0 saturated carbocycles. The molecule has 0 heterocycles. The molecule has 0 saturated heterocycles. The summed E-state index contributed by atoms with van der Waals surface area (Å²) in [5.41, 5.74) is -2.74. The molecule has 0 bridgehead atoms. The number of halogens is 1. The van der Waals surface area contributed by atoms with Crippen LogP contribution in [0.5, 0.6) is 0 Å². The third-order valence-corrected chi connectivity index (χ3v) is 1.29. The molecule has 0 unspecified atom stereocenters. The normalized spacial score (nSPS) is 9.40. The molecule has 0 spiro atoms. The molecule has 9 heteroatoms. The molecular formula is C6H12FGaO7. The number of hydrogen-bond donors (Lipinski definition) is 4. The van der Waals surface area contributed by atoms with Gasteiger partial charge >= 0.3 is 37.7 Å². The molecule has 88 valence electrons. The van der Waals surface area contributed by atoms with Gasteiger partial charge in [-0.2, -0.15) is 0 Å². The van der Waals surface area contributed by atoms with Crippen LogP contribution in [0.3, 0.4) is 0 Å². The van der Waals surface area contributed by atoms with Crippen molar-refractivity contribution in [2.45, 2.75) is 18.4 Å². The summed E-state index contributed by atoms with van der Waals surface area (Å²) in [6.45, 7) is 0. The summed E-state index contributed by atoms with van der Waals surface area (Å²) in [5.74, 6) is -5.02. The number of rotatable bonds is 5. The zero-order valence-corrected chi connectivity index (χ0v) is 6.84. The molecule has 0 aliphatic rings. The minimum atomic E-state index is -2.74. The number of aliphatic carboxylic acids is 3. The molecule has 0 aromatic carbocycles. The van der Waals surface area contributed by atoms with E-state index in [1.165, 1.54) is 0 Å². The predicted molar refractivity (Wildman–Crippen MR) is 49.5 cm³/mol. The van der Waals surface area contributed by atoms with Crippen molar-refractivity contribution in [2.24, 2.45) is 0 Å². The van der Waals surface area contributed by atoms with E-state index >= 15 is 0 Å². The zero-order chi connectivity index (χ0) is 10.6. The van der Waals surface area contributed by atoms with Crippen molar-refractivity contribution >= 4 is 37.7 Å². The van der Waals surface area contributed by atoms with Crippen molar-refractivity contribution in [2.75, 3.05) is 0 Å². The average Bonchev–Trinajstić information content (AvgIpc) is 1.82. The van der Waals surface area contributed by atoms with Gasteiger partial charge in [0.25, 0.3) is 0 Å². The Hall–Kier alpha value is -1.06. The molecule has 0 aromatic rings. The van der Waals surface area contributed by atoms with Crippen LogP contribution in [0.15, 0.2) is 0 Å². The standard InChI is InChI=1S/C6H8O7.FH.Ga.3H/c7-3(8)1-6(13,5(11)12)2-4(9)10;;;;;/h13H,1-2H2,(H,7,8)(H,9,10)(H,11,12);1H;;;;. The number of aliphatic hydroxyl groups is 1.